The second kappa shape index (κ2) is 8.80. The summed E-state index contributed by atoms with van der Waals surface area (Å²) in [7, 11) is 0. The van der Waals surface area contributed by atoms with Crippen molar-refractivity contribution < 1.29 is 46.8 Å². The van der Waals surface area contributed by atoms with Crippen molar-refractivity contribution in [3.63, 3.8) is 0 Å². The summed E-state index contributed by atoms with van der Waals surface area (Å²) >= 11 is 0. The molecule has 0 heterocycles. The summed E-state index contributed by atoms with van der Waals surface area (Å²) in [5.74, 6) is -0.754. The molecule has 1 unspecified atom stereocenters. The minimum absolute atomic E-state index is 0. The van der Waals surface area contributed by atoms with E-state index in [4.69, 9.17) is 5.11 Å². The van der Waals surface area contributed by atoms with Crippen molar-refractivity contribution in [2.24, 2.45) is 5.92 Å². The molecule has 0 aromatic carbocycles. The second-order valence-electron chi connectivity index (χ2n) is 2.59. The van der Waals surface area contributed by atoms with Gasteiger partial charge in [-0.05, 0) is 12.8 Å². The molecule has 1 radical (unpaired) electrons. The SMILES string of the molecule is CCCCC(CC)C(=O)O.[Lu]. The molecule has 0 aliphatic heterocycles. The van der Waals surface area contributed by atoms with E-state index in [0.717, 1.165) is 25.7 Å². The third-order valence-corrected chi connectivity index (χ3v) is 1.75. The van der Waals surface area contributed by atoms with E-state index >= 15 is 0 Å². The molecule has 0 saturated carbocycles. The Morgan fingerprint density at radius 2 is 2.00 bits per heavy atom. The Labute approximate surface area is 97.6 Å². The quantitative estimate of drug-likeness (QED) is 0.844. The van der Waals surface area contributed by atoms with Crippen LogP contribution < -0.4 is 0 Å². The Kier molecular flexibility index (Phi) is 11.4. The zero-order chi connectivity index (χ0) is 7.98. The van der Waals surface area contributed by atoms with Crippen LogP contribution in [0.3, 0.4) is 0 Å². The normalized spacial score (nSPS) is 11.8. The Morgan fingerprint density at radius 1 is 1.45 bits per heavy atom. The van der Waals surface area contributed by atoms with Crippen LogP contribution in [-0.2, 0) is 4.79 Å². The summed E-state index contributed by atoms with van der Waals surface area (Å²) in [5, 5.41) is 8.60. The van der Waals surface area contributed by atoms with Crippen LogP contribution in [0, 0.1) is 42.8 Å². The van der Waals surface area contributed by atoms with Crippen LogP contribution in [-0.4, -0.2) is 11.1 Å². The van der Waals surface area contributed by atoms with Crippen LogP contribution in [0.2, 0.25) is 0 Å². The van der Waals surface area contributed by atoms with Gasteiger partial charge in [0.15, 0.2) is 0 Å². The number of carboxylic acid groups (broad SMARTS) is 1. The number of aliphatic carboxylic acids is 1. The second-order valence-corrected chi connectivity index (χ2v) is 2.59. The number of carboxylic acids is 1. The van der Waals surface area contributed by atoms with Gasteiger partial charge in [-0.25, -0.2) is 0 Å². The van der Waals surface area contributed by atoms with Crippen LogP contribution >= 0.6 is 0 Å². The van der Waals surface area contributed by atoms with Crippen molar-refractivity contribution in [1.29, 1.82) is 0 Å². The van der Waals surface area contributed by atoms with Gasteiger partial charge in [0.25, 0.3) is 0 Å². The van der Waals surface area contributed by atoms with Gasteiger partial charge < -0.3 is 5.11 Å². The molecule has 1 N–H and O–H groups in total. The standard InChI is InChI=1S/C8H16O2.Lu/c1-3-5-6-7(4-2)8(9)10;/h7H,3-6H2,1-2H3,(H,9,10);. The molecule has 0 aromatic heterocycles. The molecule has 11 heavy (non-hydrogen) atoms. The van der Waals surface area contributed by atoms with Gasteiger partial charge in [-0.1, -0.05) is 26.7 Å². The van der Waals surface area contributed by atoms with E-state index in [9.17, 15) is 4.79 Å². The largest absolute Gasteiger partial charge is 0.481 e. The zero-order valence-electron chi connectivity index (χ0n) is 7.02. The van der Waals surface area contributed by atoms with E-state index in [2.05, 4.69) is 6.92 Å². The first-order valence-corrected chi connectivity index (χ1v) is 3.95. The van der Waals surface area contributed by atoms with Gasteiger partial charge in [0.1, 0.15) is 0 Å². The molecule has 75 valence electrons. The van der Waals surface area contributed by atoms with Gasteiger partial charge in [-0.2, -0.15) is 0 Å². The predicted octanol–water partition coefficient (Wildman–Crippen LogP) is 2.29. The van der Waals surface area contributed by atoms with Crippen LogP contribution in [0.1, 0.15) is 39.5 Å². The maximum Gasteiger partial charge on any atom is 0.306 e. The number of carbonyl (C=O) groups is 1. The van der Waals surface area contributed by atoms with Crippen LogP contribution in [0.4, 0.5) is 0 Å². The first kappa shape index (κ1) is 14.2. The fourth-order valence-electron chi connectivity index (χ4n) is 0.953. The summed E-state index contributed by atoms with van der Waals surface area (Å²) in [5.41, 5.74) is 0. The smallest absolute Gasteiger partial charge is 0.306 e. The molecule has 2 nitrogen and oxygen atoms in total. The molecular weight excluding hydrogens is 303 g/mol. The molecule has 0 aromatic rings. The Bertz CT molecular complexity index is 104. The Morgan fingerprint density at radius 3 is 2.27 bits per heavy atom. The summed E-state index contributed by atoms with van der Waals surface area (Å²) in [6.07, 6.45) is 3.71. The number of hydrogen-bond acceptors (Lipinski definition) is 1. The molecule has 0 aliphatic rings. The van der Waals surface area contributed by atoms with Gasteiger partial charge in [0, 0.05) is 36.9 Å². The first-order chi connectivity index (χ1) is 4.72. The van der Waals surface area contributed by atoms with Gasteiger partial charge in [-0.3, -0.25) is 4.79 Å². The average Bonchev–Trinajstić information content (AvgIpc) is 1.89. The molecular formula is C8H16LuO2. The van der Waals surface area contributed by atoms with Crippen LogP contribution in [0.15, 0.2) is 0 Å². The molecule has 0 saturated heterocycles. The Hall–Kier alpha value is 0.704. The number of hydrogen-bond donors (Lipinski definition) is 1. The van der Waals surface area contributed by atoms with Crippen LogP contribution in [0.5, 0.6) is 0 Å². The molecule has 1 atom stereocenters. The zero-order valence-corrected chi connectivity index (χ0v) is 8.68. The van der Waals surface area contributed by atoms with Crippen LogP contribution in [0.25, 0.3) is 0 Å². The minimum atomic E-state index is -0.643. The van der Waals surface area contributed by atoms with Crippen molar-refractivity contribution in [2.45, 2.75) is 39.5 Å². The summed E-state index contributed by atoms with van der Waals surface area (Å²) < 4.78 is 0. The van der Waals surface area contributed by atoms with Gasteiger partial charge >= 0.3 is 5.97 Å². The topological polar surface area (TPSA) is 37.3 Å². The minimum Gasteiger partial charge on any atom is -0.481 e. The summed E-state index contributed by atoms with van der Waals surface area (Å²) in [6.45, 7) is 4.00. The monoisotopic (exact) mass is 319 g/mol. The van der Waals surface area contributed by atoms with Crippen molar-refractivity contribution in [1.82, 2.24) is 0 Å². The Balaban J connectivity index is 0. The number of rotatable bonds is 5. The van der Waals surface area contributed by atoms with E-state index in [1.54, 1.807) is 0 Å². The van der Waals surface area contributed by atoms with Gasteiger partial charge in [0.2, 0.25) is 0 Å². The third-order valence-electron chi connectivity index (χ3n) is 1.75. The summed E-state index contributed by atoms with van der Waals surface area (Å²) in [4.78, 5) is 10.4. The fourth-order valence-corrected chi connectivity index (χ4v) is 0.953. The molecule has 0 spiro atoms. The number of unbranched alkanes of at least 4 members (excludes halogenated alkanes) is 1. The van der Waals surface area contributed by atoms with E-state index in [-0.39, 0.29) is 42.8 Å². The van der Waals surface area contributed by atoms with Crippen molar-refractivity contribution in [3.8, 4) is 0 Å². The average molecular weight is 319 g/mol. The van der Waals surface area contributed by atoms with E-state index in [1.165, 1.54) is 0 Å². The predicted molar refractivity (Wildman–Crippen MR) is 40.9 cm³/mol. The van der Waals surface area contributed by atoms with Crippen molar-refractivity contribution >= 4 is 5.97 Å². The third kappa shape index (κ3) is 7.08. The van der Waals surface area contributed by atoms with E-state index in [1.807, 2.05) is 6.92 Å². The molecule has 0 rings (SSSR count). The van der Waals surface area contributed by atoms with Crippen molar-refractivity contribution in [2.75, 3.05) is 0 Å². The molecule has 0 bridgehead atoms. The van der Waals surface area contributed by atoms with Gasteiger partial charge in [0.05, 0.1) is 5.92 Å². The maximum atomic E-state index is 10.4. The summed E-state index contributed by atoms with van der Waals surface area (Å²) in [6, 6.07) is 0. The maximum absolute atomic E-state index is 10.4. The molecule has 0 amide bonds. The molecule has 3 heteroatoms. The molecule has 0 fully saturated rings. The van der Waals surface area contributed by atoms with Crippen molar-refractivity contribution in [3.05, 3.63) is 0 Å². The van der Waals surface area contributed by atoms with E-state index < -0.39 is 5.97 Å². The van der Waals surface area contributed by atoms with Gasteiger partial charge in [-0.15, -0.1) is 0 Å². The first-order valence-electron chi connectivity index (χ1n) is 3.95. The van der Waals surface area contributed by atoms with E-state index in [0.29, 0.717) is 0 Å². The fraction of sp³-hybridized carbons (Fsp3) is 0.875. The molecule has 0 aliphatic carbocycles.